The van der Waals surface area contributed by atoms with E-state index in [2.05, 4.69) is 5.10 Å². The van der Waals surface area contributed by atoms with Crippen molar-refractivity contribution >= 4 is 10.9 Å². The molecule has 3 rings (SSSR count). The standard InChI is InChI=1S/C13H16FN3/c1-17-12-3-2-9(14)8-10(12)11(16-17)4-5-13(15)6-7-13/h2-3,8H,4-7,15H2,1H3. The van der Waals surface area contributed by atoms with Gasteiger partial charge >= 0.3 is 0 Å². The summed E-state index contributed by atoms with van der Waals surface area (Å²) in [5.74, 6) is -0.208. The summed E-state index contributed by atoms with van der Waals surface area (Å²) in [6.45, 7) is 0. The molecule has 1 aromatic carbocycles. The summed E-state index contributed by atoms with van der Waals surface area (Å²) in [6.07, 6.45) is 3.98. The van der Waals surface area contributed by atoms with Crippen LogP contribution in [0.4, 0.5) is 4.39 Å². The van der Waals surface area contributed by atoms with E-state index in [4.69, 9.17) is 5.73 Å². The molecule has 1 heterocycles. The summed E-state index contributed by atoms with van der Waals surface area (Å²) in [5.41, 5.74) is 8.02. The molecule has 0 bridgehead atoms. The average molecular weight is 233 g/mol. The zero-order valence-corrected chi connectivity index (χ0v) is 9.91. The summed E-state index contributed by atoms with van der Waals surface area (Å²) in [4.78, 5) is 0. The van der Waals surface area contributed by atoms with Gasteiger partial charge in [0.05, 0.1) is 11.2 Å². The molecule has 1 aliphatic rings. The molecule has 0 radical (unpaired) electrons. The van der Waals surface area contributed by atoms with Crippen LogP contribution >= 0.6 is 0 Å². The molecular formula is C13H16FN3. The van der Waals surface area contributed by atoms with Crippen molar-refractivity contribution in [2.24, 2.45) is 12.8 Å². The second-order valence-electron chi connectivity index (χ2n) is 5.09. The largest absolute Gasteiger partial charge is 0.325 e. The van der Waals surface area contributed by atoms with E-state index in [9.17, 15) is 4.39 Å². The van der Waals surface area contributed by atoms with Gasteiger partial charge in [0.25, 0.3) is 0 Å². The van der Waals surface area contributed by atoms with Crippen molar-refractivity contribution in [1.29, 1.82) is 0 Å². The third-order valence-electron chi connectivity index (χ3n) is 3.64. The number of aromatic nitrogens is 2. The fourth-order valence-corrected chi connectivity index (χ4v) is 2.27. The van der Waals surface area contributed by atoms with Crippen LogP contribution in [0.2, 0.25) is 0 Å². The Morgan fingerprint density at radius 3 is 2.94 bits per heavy atom. The van der Waals surface area contributed by atoms with Gasteiger partial charge < -0.3 is 5.73 Å². The molecule has 0 unspecified atom stereocenters. The fourth-order valence-electron chi connectivity index (χ4n) is 2.27. The molecule has 3 nitrogen and oxygen atoms in total. The molecule has 4 heteroatoms. The van der Waals surface area contributed by atoms with E-state index in [1.54, 1.807) is 16.8 Å². The zero-order chi connectivity index (χ0) is 12.0. The van der Waals surface area contributed by atoms with Crippen LogP contribution in [-0.4, -0.2) is 15.3 Å². The van der Waals surface area contributed by atoms with Gasteiger partial charge in [-0.2, -0.15) is 5.10 Å². The summed E-state index contributed by atoms with van der Waals surface area (Å²) in [6, 6.07) is 4.81. The van der Waals surface area contributed by atoms with Crippen LogP contribution in [0.5, 0.6) is 0 Å². The van der Waals surface area contributed by atoms with Gasteiger partial charge in [-0.1, -0.05) is 0 Å². The van der Waals surface area contributed by atoms with Crippen LogP contribution in [0.1, 0.15) is 25.0 Å². The summed E-state index contributed by atoms with van der Waals surface area (Å²) >= 11 is 0. The molecular weight excluding hydrogens is 217 g/mol. The molecule has 0 spiro atoms. The van der Waals surface area contributed by atoms with Crippen LogP contribution in [0, 0.1) is 5.82 Å². The van der Waals surface area contributed by atoms with E-state index < -0.39 is 0 Å². The van der Waals surface area contributed by atoms with Gasteiger partial charge in [-0.3, -0.25) is 4.68 Å². The number of halogens is 1. The van der Waals surface area contributed by atoms with Crippen molar-refractivity contribution in [2.75, 3.05) is 0 Å². The van der Waals surface area contributed by atoms with Crippen LogP contribution in [-0.2, 0) is 13.5 Å². The molecule has 0 saturated heterocycles. The Hall–Kier alpha value is -1.42. The molecule has 90 valence electrons. The van der Waals surface area contributed by atoms with E-state index in [1.807, 2.05) is 7.05 Å². The number of fused-ring (bicyclic) bond motifs is 1. The lowest BCUT2D eigenvalue weighted by molar-refractivity contribution is 0.598. The Bertz CT molecular complexity index is 569. The van der Waals surface area contributed by atoms with Crippen LogP contribution in [0.25, 0.3) is 10.9 Å². The minimum atomic E-state index is -0.208. The van der Waals surface area contributed by atoms with Crippen molar-refractivity contribution in [2.45, 2.75) is 31.2 Å². The quantitative estimate of drug-likeness (QED) is 0.882. The molecule has 1 fully saturated rings. The maximum atomic E-state index is 13.3. The normalized spacial score (nSPS) is 17.6. The number of nitrogens with zero attached hydrogens (tertiary/aromatic N) is 2. The van der Waals surface area contributed by atoms with Crippen molar-refractivity contribution in [3.05, 3.63) is 29.7 Å². The number of benzene rings is 1. The smallest absolute Gasteiger partial charge is 0.124 e. The van der Waals surface area contributed by atoms with E-state index in [0.717, 1.165) is 42.3 Å². The molecule has 1 saturated carbocycles. The SMILES string of the molecule is Cn1nc(CCC2(N)CC2)c2cc(F)ccc21. The van der Waals surface area contributed by atoms with Gasteiger partial charge in [0.1, 0.15) is 5.82 Å². The average Bonchev–Trinajstić information content (AvgIpc) is 2.94. The maximum absolute atomic E-state index is 13.3. The lowest BCUT2D eigenvalue weighted by Gasteiger charge is -2.05. The van der Waals surface area contributed by atoms with Crippen molar-refractivity contribution in [3.8, 4) is 0 Å². The Labute approximate surface area is 99.4 Å². The van der Waals surface area contributed by atoms with Gasteiger partial charge in [0, 0.05) is 18.0 Å². The lowest BCUT2D eigenvalue weighted by Crippen LogP contribution is -2.22. The van der Waals surface area contributed by atoms with Gasteiger partial charge in [-0.15, -0.1) is 0 Å². The Kier molecular flexibility index (Phi) is 2.23. The first-order valence-corrected chi connectivity index (χ1v) is 5.97. The Morgan fingerprint density at radius 1 is 1.47 bits per heavy atom. The highest BCUT2D eigenvalue weighted by atomic mass is 19.1. The van der Waals surface area contributed by atoms with E-state index in [-0.39, 0.29) is 11.4 Å². The minimum Gasteiger partial charge on any atom is -0.325 e. The zero-order valence-electron chi connectivity index (χ0n) is 9.91. The third-order valence-corrected chi connectivity index (χ3v) is 3.64. The topological polar surface area (TPSA) is 43.8 Å². The van der Waals surface area contributed by atoms with Crippen molar-refractivity contribution in [3.63, 3.8) is 0 Å². The molecule has 0 amide bonds. The number of hydrogen-bond acceptors (Lipinski definition) is 2. The van der Waals surface area contributed by atoms with E-state index >= 15 is 0 Å². The predicted molar refractivity (Wildman–Crippen MR) is 65.1 cm³/mol. The number of aryl methyl sites for hydroxylation is 2. The van der Waals surface area contributed by atoms with Gasteiger partial charge in [0.15, 0.2) is 0 Å². The molecule has 0 aliphatic heterocycles. The minimum absolute atomic E-state index is 0.0250. The predicted octanol–water partition coefficient (Wildman–Crippen LogP) is 2.14. The van der Waals surface area contributed by atoms with Crippen molar-refractivity contribution < 1.29 is 4.39 Å². The van der Waals surface area contributed by atoms with Crippen LogP contribution in [0.3, 0.4) is 0 Å². The lowest BCUT2D eigenvalue weighted by atomic mass is 10.1. The molecule has 0 atom stereocenters. The summed E-state index contributed by atoms with van der Waals surface area (Å²) in [7, 11) is 1.89. The molecule has 2 aromatic rings. The summed E-state index contributed by atoms with van der Waals surface area (Å²) in [5, 5.41) is 5.37. The van der Waals surface area contributed by atoms with E-state index in [0.29, 0.717) is 0 Å². The maximum Gasteiger partial charge on any atom is 0.124 e. The Morgan fingerprint density at radius 2 is 2.24 bits per heavy atom. The third kappa shape index (κ3) is 1.93. The second-order valence-corrected chi connectivity index (χ2v) is 5.09. The first-order valence-electron chi connectivity index (χ1n) is 5.97. The monoisotopic (exact) mass is 233 g/mol. The first kappa shape index (κ1) is 10.7. The highest BCUT2D eigenvalue weighted by molar-refractivity contribution is 5.82. The molecule has 1 aromatic heterocycles. The summed E-state index contributed by atoms with van der Waals surface area (Å²) < 4.78 is 15.1. The van der Waals surface area contributed by atoms with Crippen LogP contribution in [0.15, 0.2) is 18.2 Å². The van der Waals surface area contributed by atoms with Gasteiger partial charge in [0.2, 0.25) is 0 Å². The Balaban J connectivity index is 1.95. The van der Waals surface area contributed by atoms with Crippen molar-refractivity contribution in [1.82, 2.24) is 9.78 Å². The number of rotatable bonds is 3. The first-order chi connectivity index (χ1) is 8.07. The van der Waals surface area contributed by atoms with E-state index in [1.165, 1.54) is 6.07 Å². The van der Waals surface area contributed by atoms with Gasteiger partial charge in [-0.05, 0) is 43.9 Å². The molecule has 1 aliphatic carbocycles. The van der Waals surface area contributed by atoms with Crippen LogP contribution < -0.4 is 5.73 Å². The highest BCUT2D eigenvalue weighted by Gasteiger charge is 2.37. The number of nitrogens with two attached hydrogens (primary N) is 1. The second kappa shape index (κ2) is 3.53. The molecule has 17 heavy (non-hydrogen) atoms. The fraction of sp³-hybridized carbons (Fsp3) is 0.462. The van der Waals surface area contributed by atoms with Gasteiger partial charge in [-0.25, -0.2) is 4.39 Å². The molecule has 2 N–H and O–H groups in total. The number of hydrogen-bond donors (Lipinski definition) is 1. The highest BCUT2D eigenvalue weighted by Crippen LogP contribution is 2.37.